The van der Waals surface area contributed by atoms with E-state index in [-0.39, 0.29) is 24.0 Å². The molecule has 2 atom stereocenters. The fourth-order valence-electron chi connectivity index (χ4n) is 5.18. The van der Waals surface area contributed by atoms with Crippen molar-refractivity contribution < 1.29 is 4.74 Å². The third kappa shape index (κ3) is 5.47. The van der Waals surface area contributed by atoms with Crippen LogP contribution in [-0.2, 0) is 4.74 Å². The number of fused-ring (bicyclic) bond motifs is 1. The Balaban J connectivity index is 0.00000225. The van der Waals surface area contributed by atoms with Gasteiger partial charge < -0.3 is 15.0 Å². The zero-order valence-electron chi connectivity index (χ0n) is 16.3. The van der Waals surface area contributed by atoms with Gasteiger partial charge in [-0.3, -0.25) is 4.99 Å². The molecule has 1 heterocycles. The smallest absolute Gasteiger partial charge is 0.193 e. The molecule has 0 amide bonds. The first-order valence-electron chi connectivity index (χ1n) is 10.3. The van der Waals surface area contributed by atoms with Crippen LogP contribution in [0.1, 0.15) is 64.7 Å². The summed E-state index contributed by atoms with van der Waals surface area (Å²) in [7, 11) is 1.82. The Morgan fingerprint density at radius 3 is 2.32 bits per heavy atom. The van der Waals surface area contributed by atoms with Crippen LogP contribution in [0.3, 0.4) is 0 Å². The van der Waals surface area contributed by atoms with Crippen molar-refractivity contribution in [2.24, 2.45) is 22.2 Å². The molecule has 1 saturated heterocycles. The second-order valence-electron chi connectivity index (χ2n) is 8.33. The molecule has 3 aliphatic rings. The number of nitrogens with one attached hydrogen (secondary N) is 1. The van der Waals surface area contributed by atoms with Crippen LogP contribution < -0.4 is 5.32 Å². The second kappa shape index (κ2) is 10.3. The number of hydrogen-bond acceptors (Lipinski definition) is 2. The summed E-state index contributed by atoms with van der Waals surface area (Å²) in [5.74, 6) is 3.00. The van der Waals surface area contributed by atoms with Crippen molar-refractivity contribution in [2.75, 3.05) is 39.9 Å². The van der Waals surface area contributed by atoms with Gasteiger partial charge in [0.25, 0.3) is 0 Å². The summed E-state index contributed by atoms with van der Waals surface area (Å²) in [6, 6.07) is 0. The van der Waals surface area contributed by atoms with Gasteiger partial charge in [0.1, 0.15) is 0 Å². The van der Waals surface area contributed by atoms with E-state index < -0.39 is 0 Å². The normalized spacial score (nSPS) is 28.6. The fraction of sp³-hybridized carbons (Fsp3) is 0.950. The van der Waals surface area contributed by atoms with Crippen molar-refractivity contribution in [2.45, 2.75) is 64.7 Å². The maximum absolute atomic E-state index is 5.37. The average Bonchev–Trinajstić information content (AvgIpc) is 3.24. The summed E-state index contributed by atoms with van der Waals surface area (Å²) in [4.78, 5) is 7.70. The Hall–Kier alpha value is -0.0400. The van der Waals surface area contributed by atoms with Crippen LogP contribution in [0.5, 0.6) is 0 Å². The molecule has 0 aromatic heterocycles. The Morgan fingerprint density at radius 2 is 1.76 bits per heavy atom. The van der Waals surface area contributed by atoms with Crippen LogP contribution in [0, 0.1) is 17.3 Å². The van der Waals surface area contributed by atoms with Gasteiger partial charge in [-0.25, -0.2) is 0 Å². The number of methoxy groups -OCH3 is 1. The lowest BCUT2D eigenvalue weighted by atomic mass is 9.82. The molecule has 0 bridgehead atoms. The van der Waals surface area contributed by atoms with Gasteiger partial charge in [-0.2, -0.15) is 0 Å². The van der Waals surface area contributed by atoms with Gasteiger partial charge in [0.15, 0.2) is 5.96 Å². The monoisotopic (exact) mass is 463 g/mol. The molecule has 2 saturated carbocycles. The second-order valence-corrected chi connectivity index (χ2v) is 8.33. The number of likely N-dealkylation sites (tertiary alicyclic amines) is 1. The molecule has 2 unspecified atom stereocenters. The molecule has 146 valence electrons. The van der Waals surface area contributed by atoms with Gasteiger partial charge in [-0.1, -0.05) is 25.7 Å². The number of rotatable bonds is 6. The molecule has 0 spiro atoms. The number of hydrogen-bond donors (Lipinski definition) is 1. The molecular formula is C20H38IN3O. The highest BCUT2D eigenvalue weighted by molar-refractivity contribution is 14.0. The predicted molar refractivity (Wildman–Crippen MR) is 116 cm³/mol. The first kappa shape index (κ1) is 21.3. The minimum atomic E-state index is 0. The van der Waals surface area contributed by atoms with Crippen molar-refractivity contribution in [3.05, 3.63) is 0 Å². The van der Waals surface area contributed by atoms with Crippen molar-refractivity contribution in [3.8, 4) is 0 Å². The van der Waals surface area contributed by atoms with Gasteiger partial charge >= 0.3 is 0 Å². The van der Waals surface area contributed by atoms with Gasteiger partial charge in [0.05, 0.1) is 0 Å². The standard InChI is InChI=1S/C20H37N3O.HI/c1-3-21-19(23-14-17-8-4-5-9-18(17)15-23)22-16-20(12-13-24-2)10-6-7-11-20;/h17-18H,3-16H2,1-2H3,(H,21,22);1H. The summed E-state index contributed by atoms with van der Waals surface area (Å²) in [5, 5.41) is 3.58. The highest BCUT2D eigenvalue weighted by Gasteiger charge is 2.37. The summed E-state index contributed by atoms with van der Waals surface area (Å²) in [5.41, 5.74) is 0.392. The number of guanidine groups is 1. The van der Waals surface area contributed by atoms with Crippen LogP contribution in [0.2, 0.25) is 0 Å². The summed E-state index contributed by atoms with van der Waals surface area (Å²) in [6.07, 6.45) is 12.3. The lowest BCUT2D eigenvalue weighted by Gasteiger charge is -2.29. The highest BCUT2D eigenvalue weighted by Crippen LogP contribution is 2.41. The SMILES string of the molecule is CCNC(=NCC1(CCOC)CCCC1)N1CC2CCCCC2C1.I. The molecular weight excluding hydrogens is 425 g/mol. The molecule has 2 aliphatic carbocycles. The zero-order valence-corrected chi connectivity index (χ0v) is 18.6. The molecule has 1 aliphatic heterocycles. The van der Waals surface area contributed by atoms with E-state index in [9.17, 15) is 0 Å². The third-order valence-electron chi connectivity index (χ3n) is 6.68. The van der Waals surface area contributed by atoms with E-state index in [1.807, 2.05) is 7.11 Å². The number of aliphatic imine (C=N–C) groups is 1. The zero-order chi connectivity index (χ0) is 16.8. The van der Waals surface area contributed by atoms with E-state index in [0.29, 0.717) is 5.41 Å². The van der Waals surface area contributed by atoms with Crippen molar-refractivity contribution >= 4 is 29.9 Å². The van der Waals surface area contributed by atoms with Crippen molar-refractivity contribution in [1.29, 1.82) is 0 Å². The average molecular weight is 463 g/mol. The largest absolute Gasteiger partial charge is 0.385 e. The lowest BCUT2D eigenvalue weighted by Crippen LogP contribution is -2.41. The van der Waals surface area contributed by atoms with E-state index >= 15 is 0 Å². The van der Waals surface area contributed by atoms with Gasteiger partial charge in [0.2, 0.25) is 0 Å². The summed E-state index contributed by atoms with van der Waals surface area (Å²) < 4.78 is 5.37. The summed E-state index contributed by atoms with van der Waals surface area (Å²) >= 11 is 0. The quantitative estimate of drug-likeness (QED) is 0.363. The maximum Gasteiger partial charge on any atom is 0.193 e. The Kier molecular flexibility index (Phi) is 8.79. The van der Waals surface area contributed by atoms with E-state index in [1.165, 1.54) is 70.4 Å². The van der Waals surface area contributed by atoms with E-state index in [0.717, 1.165) is 38.0 Å². The highest BCUT2D eigenvalue weighted by atomic mass is 127. The lowest BCUT2D eigenvalue weighted by molar-refractivity contribution is 0.141. The molecule has 3 fully saturated rings. The molecule has 25 heavy (non-hydrogen) atoms. The molecule has 3 rings (SSSR count). The fourth-order valence-corrected chi connectivity index (χ4v) is 5.18. The third-order valence-corrected chi connectivity index (χ3v) is 6.68. The number of ether oxygens (including phenoxy) is 1. The van der Waals surface area contributed by atoms with E-state index in [1.54, 1.807) is 0 Å². The van der Waals surface area contributed by atoms with Crippen LogP contribution >= 0.6 is 24.0 Å². The molecule has 0 aromatic rings. The minimum absolute atomic E-state index is 0. The molecule has 4 nitrogen and oxygen atoms in total. The van der Waals surface area contributed by atoms with Crippen LogP contribution in [0.4, 0.5) is 0 Å². The van der Waals surface area contributed by atoms with Crippen LogP contribution in [0.25, 0.3) is 0 Å². The Labute approximate surface area is 171 Å². The number of halogens is 1. The first-order chi connectivity index (χ1) is 11.8. The van der Waals surface area contributed by atoms with Crippen LogP contribution in [-0.4, -0.2) is 50.8 Å². The molecule has 5 heteroatoms. The maximum atomic E-state index is 5.37. The predicted octanol–water partition coefficient (Wildman–Crippen LogP) is 4.29. The molecule has 1 N–H and O–H groups in total. The van der Waals surface area contributed by atoms with Gasteiger partial charge in [-0.15, -0.1) is 24.0 Å². The van der Waals surface area contributed by atoms with Gasteiger partial charge in [0, 0.05) is 39.9 Å². The van der Waals surface area contributed by atoms with Crippen molar-refractivity contribution in [1.82, 2.24) is 10.2 Å². The van der Waals surface area contributed by atoms with E-state index in [2.05, 4.69) is 17.1 Å². The van der Waals surface area contributed by atoms with Crippen molar-refractivity contribution in [3.63, 3.8) is 0 Å². The first-order valence-corrected chi connectivity index (χ1v) is 10.3. The van der Waals surface area contributed by atoms with E-state index in [4.69, 9.17) is 9.73 Å². The van der Waals surface area contributed by atoms with Gasteiger partial charge in [-0.05, 0) is 56.3 Å². The Bertz CT molecular complexity index is 409. The minimum Gasteiger partial charge on any atom is -0.385 e. The molecule has 0 radical (unpaired) electrons. The summed E-state index contributed by atoms with van der Waals surface area (Å²) in [6.45, 7) is 7.46. The molecule has 0 aromatic carbocycles. The van der Waals surface area contributed by atoms with Crippen LogP contribution in [0.15, 0.2) is 4.99 Å². The topological polar surface area (TPSA) is 36.9 Å². The number of nitrogens with zero attached hydrogens (tertiary/aromatic N) is 2. The Morgan fingerprint density at radius 1 is 1.12 bits per heavy atom.